The Bertz CT molecular complexity index is 1140. The van der Waals surface area contributed by atoms with Crippen molar-refractivity contribution < 1.29 is 13.2 Å². The molecule has 0 radical (unpaired) electrons. The maximum atomic E-state index is 13.0. The maximum absolute atomic E-state index is 13.0. The lowest BCUT2D eigenvalue weighted by Crippen LogP contribution is -2.36. The molecule has 0 atom stereocenters. The predicted octanol–water partition coefficient (Wildman–Crippen LogP) is 2.77. The Labute approximate surface area is 167 Å². The van der Waals surface area contributed by atoms with Gasteiger partial charge in [-0.25, -0.2) is 13.4 Å². The second-order valence-corrected chi connectivity index (χ2v) is 9.66. The molecule has 1 aliphatic heterocycles. The van der Waals surface area contributed by atoms with E-state index in [1.807, 2.05) is 14.0 Å². The zero-order chi connectivity index (χ0) is 19.9. The zero-order valence-corrected chi connectivity index (χ0v) is 17.3. The first-order valence-corrected chi connectivity index (χ1v) is 11.4. The minimum atomic E-state index is -3.67. The average Bonchev–Trinajstić information content (AvgIpc) is 3.28. The van der Waals surface area contributed by atoms with Crippen LogP contribution in [-0.4, -0.2) is 46.5 Å². The van der Waals surface area contributed by atoms with Crippen LogP contribution in [0.1, 0.15) is 34.6 Å². The van der Waals surface area contributed by atoms with Crippen LogP contribution in [0.4, 0.5) is 5.69 Å². The zero-order valence-electron chi connectivity index (χ0n) is 15.7. The van der Waals surface area contributed by atoms with E-state index in [1.54, 1.807) is 22.3 Å². The molecular formula is C18H21N5O3S2. The van der Waals surface area contributed by atoms with E-state index in [0.717, 1.165) is 47.3 Å². The van der Waals surface area contributed by atoms with Gasteiger partial charge >= 0.3 is 0 Å². The molecule has 3 aromatic heterocycles. The summed E-state index contributed by atoms with van der Waals surface area (Å²) in [5.41, 5.74) is 2.04. The van der Waals surface area contributed by atoms with E-state index in [4.69, 9.17) is 0 Å². The second kappa shape index (κ2) is 7.26. The summed E-state index contributed by atoms with van der Waals surface area (Å²) >= 11 is 1.12. The number of nitrogens with zero attached hydrogens (tertiary/aromatic N) is 4. The number of rotatable bonds is 4. The summed E-state index contributed by atoms with van der Waals surface area (Å²) in [6.07, 6.45) is 4.28. The van der Waals surface area contributed by atoms with Crippen molar-refractivity contribution in [2.24, 2.45) is 7.05 Å². The summed E-state index contributed by atoms with van der Waals surface area (Å²) in [5, 5.41) is 9.57. The van der Waals surface area contributed by atoms with E-state index in [2.05, 4.69) is 15.4 Å². The molecule has 148 valence electrons. The van der Waals surface area contributed by atoms with Crippen molar-refractivity contribution in [1.29, 1.82) is 0 Å². The summed E-state index contributed by atoms with van der Waals surface area (Å²) in [6, 6.07) is 3.31. The standard InChI is InChI=1S/C18H21N5O3S2/c1-12-14-10-13(11-19-17(14)22(2)21-12)20-18(24)16-15(6-9-27-16)28(25,26)23-7-4-3-5-8-23/h6,9-11H,3-5,7-8H2,1-2H3,(H,20,24). The van der Waals surface area contributed by atoms with Gasteiger partial charge in [0.2, 0.25) is 10.0 Å². The first kappa shape index (κ1) is 19.0. The van der Waals surface area contributed by atoms with Gasteiger partial charge in [0.05, 0.1) is 17.6 Å². The number of carbonyl (C=O) groups excluding carboxylic acids is 1. The van der Waals surface area contributed by atoms with Crippen LogP contribution in [0.25, 0.3) is 11.0 Å². The molecule has 3 aromatic rings. The van der Waals surface area contributed by atoms with Gasteiger partial charge in [-0.15, -0.1) is 11.3 Å². The molecule has 1 N–H and O–H groups in total. The number of aromatic nitrogens is 3. The fraction of sp³-hybridized carbons (Fsp3) is 0.389. The summed E-state index contributed by atoms with van der Waals surface area (Å²) in [6.45, 7) is 2.87. The Hall–Kier alpha value is -2.30. The molecule has 0 saturated carbocycles. The van der Waals surface area contributed by atoms with Crippen LogP contribution in [0.2, 0.25) is 0 Å². The topological polar surface area (TPSA) is 97.2 Å². The quantitative estimate of drug-likeness (QED) is 0.701. The molecule has 1 aliphatic rings. The van der Waals surface area contributed by atoms with E-state index in [-0.39, 0.29) is 9.77 Å². The number of thiophene rings is 1. The van der Waals surface area contributed by atoms with Crippen molar-refractivity contribution in [3.8, 4) is 0 Å². The van der Waals surface area contributed by atoms with Crippen molar-refractivity contribution >= 4 is 44.0 Å². The number of amides is 1. The highest BCUT2D eigenvalue weighted by atomic mass is 32.2. The number of hydrogen-bond acceptors (Lipinski definition) is 6. The Morgan fingerprint density at radius 1 is 1.25 bits per heavy atom. The van der Waals surface area contributed by atoms with Crippen LogP contribution < -0.4 is 5.32 Å². The van der Waals surface area contributed by atoms with E-state index in [9.17, 15) is 13.2 Å². The van der Waals surface area contributed by atoms with E-state index in [1.165, 1.54) is 10.4 Å². The third kappa shape index (κ3) is 3.31. The molecule has 10 heteroatoms. The molecule has 4 heterocycles. The van der Waals surface area contributed by atoms with Crippen molar-refractivity contribution in [2.75, 3.05) is 18.4 Å². The van der Waals surface area contributed by atoms with Crippen LogP contribution in [0, 0.1) is 6.92 Å². The van der Waals surface area contributed by atoms with Gasteiger partial charge < -0.3 is 5.32 Å². The van der Waals surface area contributed by atoms with Crippen LogP contribution in [0.5, 0.6) is 0 Å². The lowest BCUT2D eigenvalue weighted by Gasteiger charge is -2.25. The van der Waals surface area contributed by atoms with Gasteiger partial charge in [0.1, 0.15) is 9.77 Å². The Kier molecular flexibility index (Phi) is 4.94. The minimum Gasteiger partial charge on any atom is -0.320 e. The fourth-order valence-electron chi connectivity index (χ4n) is 3.47. The molecule has 0 unspecified atom stereocenters. The Balaban J connectivity index is 1.61. The fourth-order valence-corrected chi connectivity index (χ4v) is 6.29. The lowest BCUT2D eigenvalue weighted by molar-refractivity contribution is 0.102. The first-order valence-electron chi connectivity index (χ1n) is 9.06. The molecule has 28 heavy (non-hydrogen) atoms. The number of anilines is 1. The average molecular weight is 420 g/mol. The van der Waals surface area contributed by atoms with Crippen molar-refractivity contribution in [3.05, 3.63) is 34.3 Å². The number of carbonyl (C=O) groups is 1. The monoisotopic (exact) mass is 419 g/mol. The van der Waals surface area contributed by atoms with E-state index < -0.39 is 15.9 Å². The van der Waals surface area contributed by atoms with E-state index >= 15 is 0 Å². The number of sulfonamides is 1. The molecule has 1 saturated heterocycles. The molecule has 8 nitrogen and oxygen atoms in total. The highest BCUT2D eigenvalue weighted by molar-refractivity contribution is 7.89. The third-order valence-electron chi connectivity index (χ3n) is 4.89. The van der Waals surface area contributed by atoms with Crippen molar-refractivity contribution in [2.45, 2.75) is 31.1 Å². The predicted molar refractivity (Wildman–Crippen MR) is 108 cm³/mol. The Morgan fingerprint density at radius 3 is 2.75 bits per heavy atom. The number of piperidine rings is 1. The molecular weight excluding hydrogens is 398 g/mol. The van der Waals surface area contributed by atoms with Gasteiger partial charge in [0.25, 0.3) is 5.91 Å². The normalized spacial score (nSPS) is 15.8. The van der Waals surface area contributed by atoms with Gasteiger partial charge in [-0.05, 0) is 37.3 Å². The summed E-state index contributed by atoms with van der Waals surface area (Å²) in [4.78, 5) is 17.4. The van der Waals surface area contributed by atoms with Gasteiger partial charge in [-0.3, -0.25) is 9.48 Å². The summed E-state index contributed by atoms with van der Waals surface area (Å²) in [5.74, 6) is -0.451. The lowest BCUT2D eigenvalue weighted by atomic mass is 10.2. The van der Waals surface area contributed by atoms with Gasteiger partial charge in [0, 0.05) is 25.5 Å². The number of fused-ring (bicyclic) bond motifs is 1. The number of pyridine rings is 1. The number of hydrogen-bond donors (Lipinski definition) is 1. The summed E-state index contributed by atoms with van der Waals surface area (Å²) in [7, 11) is -1.86. The summed E-state index contributed by atoms with van der Waals surface area (Å²) < 4.78 is 29.1. The molecule has 0 aromatic carbocycles. The third-order valence-corrected chi connectivity index (χ3v) is 7.87. The molecule has 1 amide bonds. The molecule has 1 fully saturated rings. The van der Waals surface area contributed by atoms with Crippen molar-refractivity contribution in [3.63, 3.8) is 0 Å². The van der Waals surface area contributed by atoms with Crippen LogP contribution in [-0.2, 0) is 17.1 Å². The van der Waals surface area contributed by atoms with Crippen LogP contribution in [0.3, 0.4) is 0 Å². The molecule has 4 rings (SSSR count). The maximum Gasteiger partial charge on any atom is 0.267 e. The van der Waals surface area contributed by atoms with Crippen LogP contribution in [0.15, 0.2) is 28.6 Å². The smallest absolute Gasteiger partial charge is 0.267 e. The SMILES string of the molecule is Cc1nn(C)c2ncc(NC(=O)c3sccc3S(=O)(=O)N3CCCCC3)cc12. The molecule has 0 bridgehead atoms. The number of nitrogens with one attached hydrogen (secondary N) is 1. The number of aryl methyl sites for hydroxylation is 2. The largest absolute Gasteiger partial charge is 0.320 e. The van der Waals surface area contributed by atoms with Crippen molar-refractivity contribution in [1.82, 2.24) is 19.1 Å². The van der Waals surface area contributed by atoms with Gasteiger partial charge in [-0.2, -0.15) is 9.40 Å². The highest BCUT2D eigenvalue weighted by Crippen LogP contribution is 2.28. The second-order valence-electron chi connectivity index (χ2n) is 6.84. The van der Waals surface area contributed by atoms with E-state index in [0.29, 0.717) is 18.8 Å². The Morgan fingerprint density at radius 2 is 2.00 bits per heavy atom. The minimum absolute atomic E-state index is 0.0727. The van der Waals surface area contributed by atoms with Gasteiger partial charge in [0.15, 0.2) is 5.65 Å². The molecule has 0 aliphatic carbocycles. The van der Waals surface area contributed by atoms with Crippen LogP contribution >= 0.6 is 11.3 Å². The van der Waals surface area contributed by atoms with Gasteiger partial charge in [-0.1, -0.05) is 6.42 Å². The first-order chi connectivity index (χ1) is 13.4. The highest BCUT2D eigenvalue weighted by Gasteiger charge is 2.31. The molecule has 0 spiro atoms.